The minimum Gasteiger partial charge on any atom is -0.494 e. The van der Waals surface area contributed by atoms with Gasteiger partial charge in [-0.25, -0.2) is 4.98 Å². The molecule has 0 unspecified atom stereocenters. The molecule has 7 nitrogen and oxygen atoms in total. The van der Waals surface area contributed by atoms with E-state index in [-0.39, 0.29) is 6.61 Å². The molecule has 0 atom stereocenters. The first-order chi connectivity index (χ1) is 9.13. The average Bonchev–Trinajstić information content (AvgIpc) is 2.70. The van der Waals surface area contributed by atoms with Crippen molar-refractivity contribution in [3.63, 3.8) is 0 Å². The number of nitrogens with two attached hydrogens (primary N) is 2. The molecule has 7 heteroatoms. The smallest absolute Gasteiger partial charge is 0.243 e. The van der Waals surface area contributed by atoms with Crippen LogP contribution >= 0.6 is 0 Å². The number of benzene rings is 1. The normalized spacial score (nSPS) is 10.8. The fourth-order valence-corrected chi connectivity index (χ4v) is 1.87. The van der Waals surface area contributed by atoms with Gasteiger partial charge in [-0.3, -0.25) is 4.79 Å². The SMILES string of the molecule is COc1cccc2c1nc(N)n2CCOCC(N)=O. The zero-order valence-corrected chi connectivity index (χ0v) is 10.6. The van der Waals surface area contributed by atoms with Gasteiger partial charge in [0.1, 0.15) is 17.9 Å². The lowest BCUT2D eigenvalue weighted by molar-refractivity contribution is -0.122. The number of nitrogen functional groups attached to an aromatic ring is 1. The van der Waals surface area contributed by atoms with Crippen LogP contribution in [0.4, 0.5) is 5.95 Å². The third-order valence-corrected chi connectivity index (χ3v) is 2.69. The van der Waals surface area contributed by atoms with E-state index in [1.165, 1.54) is 0 Å². The minimum absolute atomic E-state index is 0.101. The molecule has 4 N–H and O–H groups in total. The van der Waals surface area contributed by atoms with Gasteiger partial charge < -0.3 is 25.5 Å². The van der Waals surface area contributed by atoms with Crippen LogP contribution in [0.2, 0.25) is 0 Å². The van der Waals surface area contributed by atoms with E-state index < -0.39 is 5.91 Å². The molecule has 0 saturated heterocycles. The van der Waals surface area contributed by atoms with Gasteiger partial charge in [-0.1, -0.05) is 6.07 Å². The van der Waals surface area contributed by atoms with Crippen LogP contribution in [-0.4, -0.2) is 35.8 Å². The van der Waals surface area contributed by atoms with Crippen molar-refractivity contribution in [3.8, 4) is 5.75 Å². The molecular formula is C12H16N4O3. The van der Waals surface area contributed by atoms with E-state index in [0.29, 0.717) is 30.4 Å². The number of hydrogen-bond donors (Lipinski definition) is 2. The third-order valence-electron chi connectivity index (χ3n) is 2.69. The summed E-state index contributed by atoms with van der Waals surface area (Å²) in [4.78, 5) is 14.8. The summed E-state index contributed by atoms with van der Waals surface area (Å²) >= 11 is 0. The molecule has 19 heavy (non-hydrogen) atoms. The lowest BCUT2D eigenvalue weighted by atomic mass is 10.3. The number of rotatable bonds is 6. The van der Waals surface area contributed by atoms with Crippen LogP contribution in [0.5, 0.6) is 5.75 Å². The number of anilines is 1. The summed E-state index contributed by atoms with van der Waals surface area (Å²) < 4.78 is 12.2. The van der Waals surface area contributed by atoms with Crippen molar-refractivity contribution >= 4 is 22.9 Å². The van der Waals surface area contributed by atoms with Crippen LogP contribution < -0.4 is 16.2 Å². The van der Waals surface area contributed by atoms with Crippen LogP contribution in [0, 0.1) is 0 Å². The maximum Gasteiger partial charge on any atom is 0.243 e. The van der Waals surface area contributed by atoms with Gasteiger partial charge in [-0.2, -0.15) is 0 Å². The lowest BCUT2D eigenvalue weighted by Crippen LogP contribution is -2.20. The molecule has 2 rings (SSSR count). The Labute approximate surface area is 110 Å². The van der Waals surface area contributed by atoms with Crippen molar-refractivity contribution in [1.82, 2.24) is 9.55 Å². The number of nitrogens with zero attached hydrogens (tertiary/aromatic N) is 2. The van der Waals surface area contributed by atoms with Gasteiger partial charge in [0.15, 0.2) is 0 Å². The molecule has 102 valence electrons. The Morgan fingerprint density at radius 3 is 2.95 bits per heavy atom. The molecule has 0 aliphatic rings. The van der Waals surface area contributed by atoms with Crippen molar-refractivity contribution in [2.45, 2.75) is 6.54 Å². The molecule has 1 heterocycles. The predicted octanol–water partition coefficient (Wildman–Crippen LogP) is 0.129. The van der Waals surface area contributed by atoms with E-state index in [0.717, 1.165) is 5.52 Å². The summed E-state index contributed by atoms with van der Waals surface area (Å²) in [5, 5.41) is 0. The Kier molecular flexibility index (Phi) is 3.86. The molecule has 1 amide bonds. The third kappa shape index (κ3) is 2.76. The first-order valence-corrected chi connectivity index (χ1v) is 5.78. The van der Waals surface area contributed by atoms with E-state index in [2.05, 4.69) is 4.98 Å². The van der Waals surface area contributed by atoms with Gasteiger partial charge in [0.25, 0.3) is 0 Å². The first kappa shape index (κ1) is 13.2. The van der Waals surface area contributed by atoms with E-state index >= 15 is 0 Å². The highest BCUT2D eigenvalue weighted by molar-refractivity contribution is 5.84. The quantitative estimate of drug-likeness (QED) is 0.721. The number of imidazole rings is 1. The summed E-state index contributed by atoms with van der Waals surface area (Å²) in [5.74, 6) is 0.549. The number of methoxy groups -OCH3 is 1. The Morgan fingerprint density at radius 1 is 1.47 bits per heavy atom. The van der Waals surface area contributed by atoms with Crippen molar-refractivity contribution in [1.29, 1.82) is 0 Å². The lowest BCUT2D eigenvalue weighted by Gasteiger charge is -2.07. The maximum absolute atomic E-state index is 10.6. The highest BCUT2D eigenvalue weighted by atomic mass is 16.5. The molecular weight excluding hydrogens is 248 g/mol. The van der Waals surface area contributed by atoms with Crippen LogP contribution in [-0.2, 0) is 16.1 Å². The molecule has 0 spiro atoms. The monoisotopic (exact) mass is 264 g/mol. The molecule has 0 bridgehead atoms. The van der Waals surface area contributed by atoms with Gasteiger partial charge in [0, 0.05) is 6.54 Å². The highest BCUT2D eigenvalue weighted by Gasteiger charge is 2.11. The van der Waals surface area contributed by atoms with E-state index in [4.69, 9.17) is 20.9 Å². The summed E-state index contributed by atoms with van der Waals surface area (Å²) in [6.07, 6.45) is 0. The van der Waals surface area contributed by atoms with Crippen LogP contribution in [0.15, 0.2) is 18.2 Å². The van der Waals surface area contributed by atoms with Crippen molar-refractivity contribution in [2.24, 2.45) is 5.73 Å². The molecule has 1 aromatic heterocycles. The summed E-state index contributed by atoms with van der Waals surface area (Å²) in [6, 6.07) is 5.58. The zero-order valence-electron chi connectivity index (χ0n) is 10.6. The molecule has 0 radical (unpaired) electrons. The fraction of sp³-hybridized carbons (Fsp3) is 0.333. The Morgan fingerprint density at radius 2 is 2.26 bits per heavy atom. The second kappa shape index (κ2) is 5.57. The van der Waals surface area contributed by atoms with Gasteiger partial charge >= 0.3 is 0 Å². The van der Waals surface area contributed by atoms with E-state index in [1.54, 1.807) is 11.7 Å². The molecule has 0 aliphatic heterocycles. The number of hydrogen-bond acceptors (Lipinski definition) is 5. The molecule has 0 fully saturated rings. The van der Waals surface area contributed by atoms with Gasteiger partial charge in [-0.15, -0.1) is 0 Å². The number of carbonyl (C=O) groups excluding carboxylic acids is 1. The Hall–Kier alpha value is -2.28. The molecule has 1 aromatic carbocycles. The topological polar surface area (TPSA) is 105 Å². The number of carbonyl (C=O) groups is 1. The number of fused-ring (bicyclic) bond motifs is 1. The van der Waals surface area contributed by atoms with Crippen LogP contribution in [0.25, 0.3) is 11.0 Å². The highest BCUT2D eigenvalue weighted by Crippen LogP contribution is 2.26. The summed E-state index contributed by atoms with van der Waals surface area (Å²) in [6.45, 7) is 0.717. The minimum atomic E-state index is -0.495. The molecule has 0 saturated carbocycles. The maximum atomic E-state index is 10.6. The van der Waals surface area contributed by atoms with Crippen LogP contribution in [0.1, 0.15) is 0 Å². The van der Waals surface area contributed by atoms with Gasteiger partial charge in [-0.05, 0) is 12.1 Å². The Bertz CT molecular complexity index is 594. The van der Waals surface area contributed by atoms with Crippen LogP contribution in [0.3, 0.4) is 0 Å². The van der Waals surface area contributed by atoms with Crippen molar-refractivity contribution < 1.29 is 14.3 Å². The first-order valence-electron chi connectivity index (χ1n) is 5.78. The summed E-state index contributed by atoms with van der Waals surface area (Å²) in [7, 11) is 1.58. The predicted molar refractivity (Wildman–Crippen MR) is 70.7 cm³/mol. The fourth-order valence-electron chi connectivity index (χ4n) is 1.87. The Balaban J connectivity index is 2.18. The van der Waals surface area contributed by atoms with Crippen molar-refractivity contribution in [3.05, 3.63) is 18.2 Å². The summed E-state index contributed by atoms with van der Waals surface area (Å²) in [5.41, 5.74) is 12.4. The number of primary amides is 1. The van der Waals surface area contributed by atoms with Crippen molar-refractivity contribution in [2.75, 3.05) is 26.1 Å². The number of aromatic nitrogens is 2. The van der Waals surface area contributed by atoms with E-state index in [1.807, 2.05) is 18.2 Å². The molecule has 0 aliphatic carbocycles. The average molecular weight is 264 g/mol. The second-order valence-corrected chi connectivity index (χ2v) is 3.97. The molecule has 2 aromatic rings. The zero-order chi connectivity index (χ0) is 13.8. The standard InChI is InChI=1S/C12H16N4O3/c1-18-9-4-2-3-8-11(9)15-12(14)16(8)5-6-19-7-10(13)17/h2-4H,5-7H2,1H3,(H2,13,17)(H2,14,15). The van der Waals surface area contributed by atoms with Gasteiger partial charge in [0.05, 0.1) is 19.2 Å². The largest absolute Gasteiger partial charge is 0.494 e. The number of amides is 1. The van der Waals surface area contributed by atoms with E-state index in [9.17, 15) is 4.79 Å². The van der Waals surface area contributed by atoms with Gasteiger partial charge in [0.2, 0.25) is 11.9 Å². The number of para-hydroxylation sites is 1. The second-order valence-electron chi connectivity index (χ2n) is 3.97. The number of ether oxygens (including phenoxy) is 2.